The van der Waals surface area contributed by atoms with E-state index in [1.54, 1.807) is 6.21 Å². The first-order valence-corrected chi connectivity index (χ1v) is 7.92. The molecule has 1 unspecified atom stereocenters. The summed E-state index contributed by atoms with van der Waals surface area (Å²) in [7, 11) is 0. The number of oxime groups is 1. The Hall–Kier alpha value is -3.07. The van der Waals surface area contributed by atoms with E-state index in [0.29, 0.717) is 0 Å². The monoisotopic (exact) mass is 315 g/mol. The van der Waals surface area contributed by atoms with Crippen molar-refractivity contribution in [2.45, 2.75) is 13.2 Å². The molecule has 0 saturated carbocycles. The normalized spacial score (nSPS) is 15.5. The Balaban J connectivity index is 1.59. The second-order valence-electron chi connectivity index (χ2n) is 5.78. The molecular formula is C21H17NO2. The molecule has 3 nitrogen and oxygen atoms in total. The summed E-state index contributed by atoms with van der Waals surface area (Å²) in [5.74, 6) is 0.812. The summed E-state index contributed by atoms with van der Waals surface area (Å²) in [6.45, 7) is 2.06. The van der Waals surface area contributed by atoms with Crippen LogP contribution in [0.15, 0.2) is 78.0 Å². The second kappa shape index (κ2) is 6.20. The molecule has 0 N–H and O–H groups in total. The van der Waals surface area contributed by atoms with E-state index in [1.165, 1.54) is 5.56 Å². The summed E-state index contributed by atoms with van der Waals surface area (Å²) in [6, 6.07) is 24.2. The fourth-order valence-electron chi connectivity index (χ4n) is 2.80. The van der Waals surface area contributed by atoms with Crippen LogP contribution >= 0.6 is 0 Å². The molecule has 0 aromatic heterocycles. The summed E-state index contributed by atoms with van der Waals surface area (Å²) in [6.07, 6.45) is 1.16. The van der Waals surface area contributed by atoms with E-state index in [9.17, 15) is 0 Å². The molecule has 0 aliphatic carbocycles. The minimum absolute atomic E-state index is 0.544. The van der Waals surface area contributed by atoms with E-state index in [1.807, 2.05) is 60.7 Å². The smallest absolute Gasteiger partial charge is 0.292 e. The van der Waals surface area contributed by atoms with Crippen LogP contribution in [0.3, 0.4) is 0 Å². The molecule has 0 bridgehead atoms. The molecule has 1 aliphatic rings. The quantitative estimate of drug-likeness (QED) is 0.497. The Kier molecular flexibility index (Phi) is 3.75. The van der Waals surface area contributed by atoms with Gasteiger partial charge in [-0.25, -0.2) is 0 Å². The van der Waals surface area contributed by atoms with Crippen molar-refractivity contribution >= 4 is 6.21 Å². The number of fused-ring (bicyclic) bond motifs is 3. The highest BCUT2D eigenvalue weighted by molar-refractivity contribution is 5.79. The summed E-state index contributed by atoms with van der Waals surface area (Å²) in [5, 5.41) is 4.12. The van der Waals surface area contributed by atoms with Gasteiger partial charge in [-0.05, 0) is 24.1 Å². The average Bonchev–Trinajstić information content (AvgIpc) is 2.63. The molecule has 1 atom stereocenters. The van der Waals surface area contributed by atoms with Gasteiger partial charge in [0.25, 0.3) is 6.29 Å². The molecule has 0 amide bonds. The zero-order valence-electron chi connectivity index (χ0n) is 13.3. The van der Waals surface area contributed by atoms with Crippen molar-refractivity contribution in [3.8, 4) is 16.9 Å². The highest BCUT2D eigenvalue weighted by atomic mass is 16.8. The predicted octanol–water partition coefficient (Wildman–Crippen LogP) is 5.10. The van der Waals surface area contributed by atoms with Crippen molar-refractivity contribution in [2.24, 2.45) is 5.16 Å². The number of hydrogen-bond acceptors (Lipinski definition) is 3. The number of aryl methyl sites for hydroxylation is 1. The maximum absolute atomic E-state index is 5.98. The lowest BCUT2D eigenvalue weighted by atomic mass is 9.96. The Morgan fingerprint density at radius 3 is 2.42 bits per heavy atom. The SMILES string of the molecule is Cc1ccc(/C=N/OC2Oc3ccccc3-c3ccccc32)cc1. The summed E-state index contributed by atoms with van der Waals surface area (Å²) in [4.78, 5) is 5.65. The molecule has 0 spiro atoms. The third-order valence-electron chi connectivity index (χ3n) is 4.06. The predicted molar refractivity (Wildman–Crippen MR) is 95.1 cm³/mol. The fourth-order valence-corrected chi connectivity index (χ4v) is 2.80. The molecule has 3 aromatic carbocycles. The Morgan fingerprint density at radius 1 is 0.875 bits per heavy atom. The lowest BCUT2D eigenvalue weighted by molar-refractivity contribution is -0.0830. The fraction of sp³-hybridized carbons (Fsp3) is 0.0952. The number of nitrogens with zero attached hydrogens (tertiary/aromatic N) is 1. The van der Waals surface area contributed by atoms with E-state index in [4.69, 9.17) is 9.57 Å². The van der Waals surface area contributed by atoms with Crippen LogP contribution < -0.4 is 4.74 Å². The summed E-state index contributed by atoms with van der Waals surface area (Å²) >= 11 is 0. The third-order valence-corrected chi connectivity index (χ3v) is 4.06. The molecule has 24 heavy (non-hydrogen) atoms. The summed E-state index contributed by atoms with van der Waals surface area (Å²) in [5.41, 5.74) is 5.39. The van der Waals surface area contributed by atoms with Crippen molar-refractivity contribution in [2.75, 3.05) is 0 Å². The zero-order valence-corrected chi connectivity index (χ0v) is 13.3. The van der Waals surface area contributed by atoms with Crippen LogP contribution in [-0.4, -0.2) is 6.21 Å². The minimum Gasteiger partial charge on any atom is -0.448 e. The highest BCUT2D eigenvalue weighted by Crippen LogP contribution is 2.42. The van der Waals surface area contributed by atoms with Crippen molar-refractivity contribution in [1.82, 2.24) is 0 Å². The average molecular weight is 315 g/mol. The molecule has 0 fully saturated rings. The van der Waals surface area contributed by atoms with E-state index < -0.39 is 6.29 Å². The Labute approximate surface area is 141 Å². The topological polar surface area (TPSA) is 30.8 Å². The van der Waals surface area contributed by atoms with Crippen molar-refractivity contribution < 1.29 is 9.57 Å². The van der Waals surface area contributed by atoms with Crippen LogP contribution in [0.5, 0.6) is 5.75 Å². The van der Waals surface area contributed by atoms with Gasteiger partial charge in [0.2, 0.25) is 0 Å². The van der Waals surface area contributed by atoms with Crippen molar-refractivity contribution in [1.29, 1.82) is 0 Å². The maximum atomic E-state index is 5.98. The maximum Gasteiger partial charge on any atom is 0.292 e. The van der Waals surface area contributed by atoms with Crippen LogP contribution in [0.25, 0.3) is 11.1 Å². The van der Waals surface area contributed by atoms with Crippen molar-refractivity contribution in [3.63, 3.8) is 0 Å². The zero-order chi connectivity index (χ0) is 16.4. The highest BCUT2D eigenvalue weighted by Gasteiger charge is 2.26. The van der Waals surface area contributed by atoms with Gasteiger partial charge in [-0.1, -0.05) is 77.4 Å². The lowest BCUT2D eigenvalue weighted by Crippen LogP contribution is -2.15. The molecule has 118 valence electrons. The van der Waals surface area contributed by atoms with Gasteiger partial charge in [-0.15, -0.1) is 0 Å². The first-order valence-electron chi connectivity index (χ1n) is 7.92. The van der Waals surface area contributed by atoms with Gasteiger partial charge in [-0.3, -0.25) is 0 Å². The van der Waals surface area contributed by atoms with Crippen LogP contribution in [0.4, 0.5) is 0 Å². The van der Waals surface area contributed by atoms with Crippen molar-refractivity contribution in [3.05, 3.63) is 89.5 Å². The largest absolute Gasteiger partial charge is 0.448 e. The molecule has 3 heteroatoms. The van der Waals surface area contributed by atoms with E-state index in [-0.39, 0.29) is 0 Å². The number of para-hydroxylation sites is 1. The lowest BCUT2D eigenvalue weighted by Gasteiger charge is -2.26. The van der Waals surface area contributed by atoms with Gasteiger partial charge in [0.05, 0.1) is 6.21 Å². The first kappa shape index (κ1) is 14.5. The second-order valence-corrected chi connectivity index (χ2v) is 5.78. The van der Waals surface area contributed by atoms with Crippen LogP contribution in [0.1, 0.15) is 23.0 Å². The van der Waals surface area contributed by atoms with Gasteiger partial charge in [0, 0.05) is 11.1 Å². The molecule has 1 heterocycles. The number of hydrogen-bond donors (Lipinski definition) is 0. The van der Waals surface area contributed by atoms with Gasteiger partial charge < -0.3 is 9.57 Å². The number of rotatable bonds is 3. The molecule has 0 radical (unpaired) electrons. The van der Waals surface area contributed by atoms with Crippen LogP contribution in [0, 0.1) is 6.92 Å². The van der Waals surface area contributed by atoms with Gasteiger partial charge in [0.15, 0.2) is 0 Å². The molecule has 1 aliphatic heterocycles. The molecule has 4 rings (SSSR count). The third kappa shape index (κ3) is 2.76. The molecule has 0 saturated heterocycles. The molecular weight excluding hydrogens is 298 g/mol. The van der Waals surface area contributed by atoms with E-state index in [2.05, 4.69) is 24.2 Å². The van der Waals surface area contributed by atoms with E-state index in [0.717, 1.165) is 28.0 Å². The Bertz CT molecular complexity index is 884. The number of ether oxygens (including phenoxy) is 1. The van der Waals surface area contributed by atoms with E-state index >= 15 is 0 Å². The van der Waals surface area contributed by atoms with Gasteiger partial charge in [0.1, 0.15) is 5.75 Å². The summed E-state index contributed by atoms with van der Waals surface area (Å²) < 4.78 is 5.98. The molecule has 3 aromatic rings. The first-order chi connectivity index (χ1) is 11.8. The van der Waals surface area contributed by atoms with Gasteiger partial charge >= 0.3 is 0 Å². The number of benzene rings is 3. The minimum atomic E-state index is -0.544. The standard InChI is InChI=1S/C21H17NO2/c1-15-10-12-16(13-11-15)14-22-24-21-19-8-3-2-6-17(19)18-7-4-5-9-20(18)23-21/h2-14,21H,1H3/b22-14+. The Morgan fingerprint density at radius 2 is 1.58 bits per heavy atom. The van der Waals surface area contributed by atoms with Crippen LogP contribution in [-0.2, 0) is 4.84 Å². The van der Waals surface area contributed by atoms with Crippen LogP contribution in [0.2, 0.25) is 0 Å². The van der Waals surface area contributed by atoms with Gasteiger partial charge in [-0.2, -0.15) is 0 Å².